The zero-order chi connectivity index (χ0) is 28.1. The first kappa shape index (κ1) is 27.9. The van der Waals surface area contributed by atoms with E-state index in [1.165, 1.54) is 24.1 Å². The number of hydrogen-bond donors (Lipinski definition) is 3. The van der Waals surface area contributed by atoms with Crippen LogP contribution in [0.1, 0.15) is 44.3 Å². The fraction of sp³-hybridized carbons (Fsp3) is 0.300. The van der Waals surface area contributed by atoms with E-state index in [4.69, 9.17) is 4.74 Å². The van der Waals surface area contributed by atoms with Crippen LogP contribution in [0.15, 0.2) is 77.9 Å². The van der Waals surface area contributed by atoms with Crippen LogP contribution in [0.2, 0.25) is 0 Å². The van der Waals surface area contributed by atoms with Gasteiger partial charge in [-0.3, -0.25) is 14.2 Å². The van der Waals surface area contributed by atoms with Crippen molar-refractivity contribution in [2.24, 2.45) is 5.92 Å². The summed E-state index contributed by atoms with van der Waals surface area (Å²) in [6.45, 7) is 3.89. The highest BCUT2D eigenvalue weighted by atomic mass is 19.1. The van der Waals surface area contributed by atoms with Crippen LogP contribution in [0.25, 0.3) is 22.0 Å². The monoisotopic (exact) mass is 533 g/mol. The van der Waals surface area contributed by atoms with E-state index in [-0.39, 0.29) is 23.5 Å². The molecule has 1 heterocycles. The van der Waals surface area contributed by atoms with Gasteiger partial charge in [0.25, 0.3) is 5.56 Å². The van der Waals surface area contributed by atoms with Crippen molar-refractivity contribution in [2.45, 2.75) is 45.1 Å². The van der Waals surface area contributed by atoms with E-state index in [9.17, 15) is 24.2 Å². The van der Waals surface area contributed by atoms with Crippen LogP contribution in [0, 0.1) is 11.7 Å². The quantitative estimate of drug-likeness (QED) is 0.261. The Kier molecular flexibility index (Phi) is 8.73. The Morgan fingerprint density at radius 3 is 2.51 bits per heavy atom. The van der Waals surface area contributed by atoms with Gasteiger partial charge in [0.2, 0.25) is 5.91 Å². The largest absolute Gasteiger partial charge is 0.496 e. The summed E-state index contributed by atoms with van der Waals surface area (Å²) >= 11 is 0. The van der Waals surface area contributed by atoms with E-state index in [2.05, 4.69) is 10.3 Å². The van der Waals surface area contributed by atoms with Crippen molar-refractivity contribution in [1.29, 1.82) is 0 Å². The number of halogens is 1. The minimum Gasteiger partial charge on any atom is -0.496 e. The fourth-order valence-electron chi connectivity index (χ4n) is 4.72. The summed E-state index contributed by atoms with van der Waals surface area (Å²) in [5, 5.41) is 23.0. The SMILES string of the molecule is COc1cccc(F)c1-c1cccc([C@H](CC(O)O)NC(=O)[C@H](CC(C)C)n2cnc3ccccc3c2=O)c1. The number of aromatic nitrogens is 2. The third-order valence-electron chi connectivity index (χ3n) is 6.56. The molecule has 0 aliphatic rings. The van der Waals surface area contributed by atoms with Crippen LogP contribution in [0.3, 0.4) is 0 Å². The Hall–Kier alpha value is -4.08. The summed E-state index contributed by atoms with van der Waals surface area (Å²) in [4.78, 5) is 31.4. The van der Waals surface area contributed by atoms with Gasteiger partial charge in [0.15, 0.2) is 6.29 Å². The molecule has 1 aromatic heterocycles. The molecule has 3 N–H and O–H groups in total. The molecule has 0 radical (unpaired) electrons. The van der Waals surface area contributed by atoms with E-state index in [0.29, 0.717) is 34.2 Å². The van der Waals surface area contributed by atoms with Gasteiger partial charge in [-0.25, -0.2) is 9.37 Å². The topological polar surface area (TPSA) is 114 Å². The Balaban J connectivity index is 1.71. The normalized spacial score (nSPS) is 13.0. The molecule has 39 heavy (non-hydrogen) atoms. The lowest BCUT2D eigenvalue weighted by Crippen LogP contribution is -2.40. The molecule has 0 aliphatic carbocycles. The van der Waals surface area contributed by atoms with Gasteiger partial charge < -0.3 is 20.3 Å². The minimum atomic E-state index is -1.73. The van der Waals surface area contributed by atoms with Crippen molar-refractivity contribution in [2.75, 3.05) is 7.11 Å². The summed E-state index contributed by atoms with van der Waals surface area (Å²) in [6.07, 6.45) is -0.219. The van der Waals surface area contributed by atoms with E-state index in [1.807, 2.05) is 13.8 Å². The number of para-hydroxylation sites is 1. The van der Waals surface area contributed by atoms with E-state index in [0.717, 1.165) is 0 Å². The number of carbonyl (C=O) groups is 1. The maximum atomic E-state index is 14.8. The first-order chi connectivity index (χ1) is 18.7. The number of fused-ring (bicyclic) bond motifs is 1. The molecular formula is C30H32FN3O5. The molecule has 0 bridgehead atoms. The summed E-state index contributed by atoms with van der Waals surface area (Å²) in [6, 6.07) is 16.5. The fourth-order valence-corrected chi connectivity index (χ4v) is 4.72. The number of hydrogen-bond acceptors (Lipinski definition) is 6. The van der Waals surface area contributed by atoms with Gasteiger partial charge >= 0.3 is 0 Å². The lowest BCUT2D eigenvalue weighted by Gasteiger charge is -2.26. The Bertz CT molecular complexity index is 1520. The molecule has 9 heteroatoms. The van der Waals surface area contributed by atoms with Crippen molar-refractivity contribution >= 4 is 16.8 Å². The maximum absolute atomic E-state index is 14.8. The van der Waals surface area contributed by atoms with Crippen LogP contribution in [0.5, 0.6) is 5.75 Å². The van der Waals surface area contributed by atoms with Crippen molar-refractivity contribution in [1.82, 2.24) is 14.9 Å². The van der Waals surface area contributed by atoms with Gasteiger partial charge in [-0.1, -0.05) is 50.2 Å². The van der Waals surface area contributed by atoms with Gasteiger partial charge in [0.1, 0.15) is 17.6 Å². The average molecular weight is 534 g/mol. The molecule has 4 aromatic rings. The molecule has 3 aromatic carbocycles. The van der Waals surface area contributed by atoms with E-state index >= 15 is 0 Å². The second-order valence-electron chi connectivity index (χ2n) is 9.84. The lowest BCUT2D eigenvalue weighted by atomic mass is 9.96. The highest BCUT2D eigenvalue weighted by molar-refractivity contribution is 5.82. The van der Waals surface area contributed by atoms with E-state index < -0.39 is 30.1 Å². The molecule has 0 spiro atoms. The summed E-state index contributed by atoms with van der Waals surface area (Å²) < 4.78 is 21.4. The summed E-state index contributed by atoms with van der Waals surface area (Å²) in [5.41, 5.74) is 1.48. The Labute approximate surface area is 225 Å². The van der Waals surface area contributed by atoms with Crippen LogP contribution < -0.4 is 15.6 Å². The van der Waals surface area contributed by atoms with Gasteiger partial charge in [-0.05, 0) is 53.8 Å². The molecule has 8 nitrogen and oxygen atoms in total. The smallest absolute Gasteiger partial charge is 0.261 e. The number of amides is 1. The number of aliphatic hydroxyl groups is 2. The Morgan fingerprint density at radius 2 is 1.79 bits per heavy atom. The number of nitrogens with one attached hydrogen (secondary N) is 1. The maximum Gasteiger partial charge on any atom is 0.261 e. The minimum absolute atomic E-state index is 0.0675. The Morgan fingerprint density at radius 1 is 1.05 bits per heavy atom. The first-order valence-electron chi connectivity index (χ1n) is 12.7. The van der Waals surface area contributed by atoms with Crippen molar-refractivity contribution < 1.29 is 24.1 Å². The third kappa shape index (κ3) is 6.32. The molecule has 0 saturated heterocycles. The molecule has 0 aliphatic heterocycles. The van der Waals surface area contributed by atoms with Gasteiger partial charge in [-0.15, -0.1) is 0 Å². The standard InChI is InChI=1S/C30H32FN3O5/c1-18(2)14-25(34-17-32-23-12-5-4-10-21(23)30(34)38)29(37)33-24(16-27(35)36)19-8-6-9-20(15-19)28-22(31)11-7-13-26(28)39-3/h4-13,15,17-18,24-25,27,35-36H,14,16H2,1-3H3,(H,33,37)/t24-,25-/m0/s1. The predicted octanol–water partition coefficient (Wildman–Crippen LogP) is 4.36. The third-order valence-corrected chi connectivity index (χ3v) is 6.56. The van der Waals surface area contributed by atoms with E-state index in [1.54, 1.807) is 60.7 Å². The second-order valence-corrected chi connectivity index (χ2v) is 9.84. The molecule has 0 saturated carbocycles. The number of rotatable bonds is 10. The lowest BCUT2D eigenvalue weighted by molar-refractivity contribution is -0.126. The van der Waals surface area contributed by atoms with Crippen molar-refractivity contribution in [3.63, 3.8) is 0 Å². The molecule has 1 amide bonds. The number of aliphatic hydroxyl groups excluding tert-OH is 1. The van der Waals surface area contributed by atoms with Crippen LogP contribution >= 0.6 is 0 Å². The predicted molar refractivity (Wildman–Crippen MR) is 147 cm³/mol. The number of ether oxygens (including phenoxy) is 1. The molecule has 204 valence electrons. The number of carbonyl (C=O) groups excluding carboxylic acids is 1. The second kappa shape index (κ2) is 12.2. The zero-order valence-corrected chi connectivity index (χ0v) is 22.0. The molecule has 2 atom stereocenters. The highest BCUT2D eigenvalue weighted by Crippen LogP contribution is 2.34. The molecular weight excluding hydrogens is 501 g/mol. The van der Waals surface area contributed by atoms with Crippen molar-refractivity contribution in [3.8, 4) is 16.9 Å². The highest BCUT2D eigenvalue weighted by Gasteiger charge is 2.27. The van der Waals surface area contributed by atoms with Crippen LogP contribution in [-0.2, 0) is 4.79 Å². The molecule has 0 unspecified atom stereocenters. The molecule has 0 fully saturated rings. The number of benzene rings is 3. The number of methoxy groups -OCH3 is 1. The first-order valence-corrected chi connectivity index (χ1v) is 12.7. The van der Waals surface area contributed by atoms with Crippen LogP contribution in [0.4, 0.5) is 4.39 Å². The average Bonchev–Trinajstić information content (AvgIpc) is 2.91. The number of nitrogens with zero attached hydrogens (tertiary/aromatic N) is 2. The van der Waals surface area contributed by atoms with Gasteiger partial charge in [0, 0.05) is 6.42 Å². The van der Waals surface area contributed by atoms with Crippen LogP contribution in [-0.4, -0.2) is 39.1 Å². The van der Waals surface area contributed by atoms with Gasteiger partial charge in [-0.2, -0.15) is 0 Å². The van der Waals surface area contributed by atoms with Crippen molar-refractivity contribution in [3.05, 3.63) is 94.8 Å². The zero-order valence-electron chi connectivity index (χ0n) is 22.0. The molecule has 4 rings (SSSR count). The summed E-state index contributed by atoms with van der Waals surface area (Å²) in [5.74, 6) is -0.537. The van der Waals surface area contributed by atoms with Gasteiger partial charge in [0.05, 0.1) is 35.9 Å². The summed E-state index contributed by atoms with van der Waals surface area (Å²) in [7, 11) is 1.45.